The van der Waals surface area contributed by atoms with Gasteiger partial charge in [0.05, 0.1) is 17.4 Å². The molecule has 0 saturated heterocycles. The number of anilines is 2. The van der Waals surface area contributed by atoms with Crippen molar-refractivity contribution in [2.45, 2.75) is 40.2 Å². The maximum atomic E-state index is 12.6. The topological polar surface area (TPSA) is 109 Å². The fraction of sp³-hybridized carbons (Fsp3) is 0.300. The molecule has 0 saturated carbocycles. The third-order valence-electron chi connectivity index (χ3n) is 4.34. The Kier molecular flexibility index (Phi) is 5.43. The molecule has 0 spiro atoms. The molecular formula is C20H23N5O3S. The lowest BCUT2D eigenvalue weighted by atomic mass is 10.1. The SMILES string of the molecule is Cc1ccc(O)c(C)c1NC(=O)c1cnc(NC(=O)c2ccn(C(C)(C)C)n2)s1. The predicted molar refractivity (Wildman–Crippen MR) is 113 cm³/mol. The van der Waals surface area contributed by atoms with Crippen LogP contribution in [0.15, 0.2) is 30.6 Å². The molecule has 0 aliphatic carbocycles. The number of phenolic OH excluding ortho intramolecular Hbond substituents is 1. The van der Waals surface area contributed by atoms with Gasteiger partial charge in [-0.15, -0.1) is 0 Å². The summed E-state index contributed by atoms with van der Waals surface area (Å²) >= 11 is 1.06. The van der Waals surface area contributed by atoms with Crippen molar-refractivity contribution in [1.82, 2.24) is 14.8 Å². The molecule has 2 aromatic heterocycles. The maximum Gasteiger partial charge on any atom is 0.277 e. The van der Waals surface area contributed by atoms with Gasteiger partial charge in [0.25, 0.3) is 11.8 Å². The van der Waals surface area contributed by atoms with Gasteiger partial charge in [0, 0.05) is 11.8 Å². The number of aromatic hydroxyl groups is 1. The lowest BCUT2D eigenvalue weighted by Crippen LogP contribution is -2.23. The van der Waals surface area contributed by atoms with E-state index in [9.17, 15) is 14.7 Å². The van der Waals surface area contributed by atoms with Gasteiger partial charge in [0.2, 0.25) is 0 Å². The van der Waals surface area contributed by atoms with E-state index in [0.29, 0.717) is 21.3 Å². The van der Waals surface area contributed by atoms with Gasteiger partial charge >= 0.3 is 0 Å². The van der Waals surface area contributed by atoms with Gasteiger partial charge in [0.15, 0.2) is 10.8 Å². The summed E-state index contributed by atoms with van der Waals surface area (Å²) < 4.78 is 1.71. The second-order valence-electron chi connectivity index (χ2n) is 7.66. The fourth-order valence-corrected chi connectivity index (χ4v) is 3.33. The predicted octanol–water partition coefficient (Wildman–Crippen LogP) is 3.92. The summed E-state index contributed by atoms with van der Waals surface area (Å²) in [6, 6.07) is 4.95. The summed E-state index contributed by atoms with van der Waals surface area (Å²) in [6.07, 6.45) is 3.15. The molecule has 9 heteroatoms. The van der Waals surface area contributed by atoms with Crippen LogP contribution in [0.4, 0.5) is 10.8 Å². The monoisotopic (exact) mass is 413 g/mol. The quantitative estimate of drug-likeness (QED) is 0.601. The van der Waals surface area contributed by atoms with E-state index in [1.807, 2.05) is 27.7 Å². The molecule has 1 aromatic carbocycles. The summed E-state index contributed by atoms with van der Waals surface area (Å²) in [6.45, 7) is 9.54. The first-order chi connectivity index (χ1) is 13.6. The third-order valence-corrected chi connectivity index (χ3v) is 5.25. The average molecular weight is 414 g/mol. The van der Waals surface area contributed by atoms with Crippen LogP contribution in [0.5, 0.6) is 5.75 Å². The Bertz CT molecular complexity index is 1080. The molecule has 0 atom stereocenters. The lowest BCUT2D eigenvalue weighted by Gasteiger charge is -2.18. The van der Waals surface area contributed by atoms with Gasteiger partial charge in [-0.25, -0.2) is 4.98 Å². The molecule has 0 radical (unpaired) electrons. The van der Waals surface area contributed by atoms with Crippen molar-refractivity contribution in [2.24, 2.45) is 0 Å². The number of phenols is 1. The summed E-state index contributed by atoms with van der Waals surface area (Å²) in [5.41, 5.74) is 2.02. The summed E-state index contributed by atoms with van der Waals surface area (Å²) in [5.74, 6) is -0.649. The van der Waals surface area contributed by atoms with Gasteiger partial charge in [-0.05, 0) is 52.3 Å². The molecule has 0 aliphatic rings. The van der Waals surface area contributed by atoms with Crippen LogP contribution < -0.4 is 10.6 Å². The number of amides is 2. The first-order valence-corrected chi connectivity index (χ1v) is 9.82. The third kappa shape index (κ3) is 4.45. The van der Waals surface area contributed by atoms with Gasteiger partial charge in [0.1, 0.15) is 10.6 Å². The second-order valence-corrected chi connectivity index (χ2v) is 8.69. The summed E-state index contributed by atoms with van der Waals surface area (Å²) in [7, 11) is 0. The minimum Gasteiger partial charge on any atom is -0.508 e. The van der Waals surface area contributed by atoms with Crippen LogP contribution in [0, 0.1) is 13.8 Å². The molecule has 0 aliphatic heterocycles. The highest BCUT2D eigenvalue weighted by Crippen LogP contribution is 2.29. The van der Waals surface area contributed by atoms with Crippen LogP contribution in [0.25, 0.3) is 0 Å². The summed E-state index contributed by atoms with van der Waals surface area (Å²) in [4.78, 5) is 29.4. The molecule has 0 bridgehead atoms. The molecule has 8 nitrogen and oxygen atoms in total. The van der Waals surface area contributed by atoms with Crippen LogP contribution in [0.1, 0.15) is 52.1 Å². The number of hydrogen-bond acceptors (Lipinski definition) is 6. The van der Waals surface area contributed by atoms with E-state index >= 15 is 0 Å². The van der Waals surface area contributed by atoms with E-state index in [1.54, 1.807) is 36.0 Å². The number of benzene rings is 1. The van der Waals surface area contributed by atoms with Gasteiger partial charge in [-0.3, -0.25) is 19.6 Å². The van der Waals surface area contributed by atoms with E-state index in [0.717, 1.165) is 16.9 Å². The Morgan fingerprint density at radius 2 is 1.83 bits per heavy atom. The number of carbonyl (C=O) groups is 2. The number of nitrogens with zero attached hydrogens (tertiary/aromatic N) is 3. The number of aryl methyl sites for hydroxylation is 1. The molecule has 2 heterocycles. The lowest BCUT2D eigenvalue weighted by molar-refractivity contribution is 0.101. The van der Waals surface area contributed by atoms with Crippen molar-refractivity contribution in [3.63, 3.8) is 0 Å². The number of aromatic nitrogens is 3. The average Bonchev–Trinajstić information content (AvgIpc) is 3.31. The maximum absolute atomic E-state index is 12.6. The van der Waals surface area contributed by atoms with Crippen LogP contribution in [-0.2, 0) is 5.54 Å². The highest BCUT2D eigenvalue weighted by molar-refractivity contribution is 7.17. The van der Waals surface area contributed by atoms with Crippen LogP contribution in [-0.4, -0.2) is 31.7 Å². The number of thiazole rings is 1. The zero-order chi connectivity index (χ0) is 21.3. The fourth-order valence-electron chi connectivity index (χ4n) is 2.62. The zero-order valence-corrected chi connectivity index (χ0v) is 17.7. The van der Waals surface area contributed by atoms with Crippen molar-refractivity contribution in [2.75, 3.05) is 10.6 Å². The van der Waals surface area contributed by atoms with Gasteiger partial charge < -0.3 is 10.4 Å². The molecule has 152 valence electrons. The number of rotatable bonds is 4. The molecule has 0 fully saturated rings. The first kappa shape index (κ1) is 20.5. The van der Waals surface area contributed by atoms with Crippen molar-refractivity contribution >= 4 is 34.0 Å². The highest BCUT2D eigenvalue weighted by Gasteiger charge is 2.19. The zero-order valence-electron chi connectivity index (χ0n) is 16.9. The molecular weight excluding hydrogens is 390 g/mol. The normalized spacial score (nSPS) is 11.3. The van der Waals surface area contributed by atoms with Crippen LogP contribution >= 0.6 is 11.3 Å². The second kappa shape index (κ2) is 7.67. The Morgan fingerprint density at radius 1 is 1.10 bits per heavy atom. The number of hydrogen-bond donors (Lipinski definition) is 3. The van der Waals surface area contributed by atoms with Gasteiger partial charge in [-0.2, -0.15) is 5.10 Å². The Hall–Kier alpha value is -3.20. The highest BCUT2D eigenvalue weighted by atomic mass is 32.1. The van der Waals surface area contributed by atoms with Crippen LogP contribution in [0.3, 0.4) is 0 Å². The van der Waals surface area contributed by atoms with E-state index in [1.165, 1.54) is 6.20 Å². The molecule has 2 amide bonds. The van der Waals surface area contributed by atoms with E-state index in [-0.39, 0.29) is 22.9 Å². The van der Waals surface area contributed by atoms with Crippen LogP contribution in [0.2, 0.25) is 0 Å². The Labute approximate surface area is 172 Å². The van der Waals surface area contributed by atoms with E-state index in [4.69, 9.17) is 0 Å². The van der Waals surface area contributed by atoms with Crippen molar-refractivity contribution < 1.29 is 14.7 Å². The van der Waals surface area contributed by atoms with Crippen molar-refractivity contribution in [1.29, 1.82) is 0 Å². The summed E-state index contributed by atoms with van der Waals surface area (Å²) in [5, 5.41) is 19.9. The Morgan fingerprint density at radius 3 is 2.48 bits per heavy atom. The van der Waals surface area contributed by atoms with Crippen molar-refractivity contribution in [3.8, 4) is 5.75 Å². The smallest absolute Gasteiger partial charge is 0.277 e. The van der Waals surface area contributed by atoms with E-state index in [2.05, 4.69) is 20.7 Å². The minimum atomic E-state index is -0.394. The molecule has 3 aromatic rings. The largest absolute Gasteiger partial charge is 0.508 e. The number of carbonyl (C=O) groups excluding carboxylic acids is 2. The van der Waals surface area contributed by atoms with Crippen molar-refractivity contribution in [3.05, 3.63) is 52.3 Å². The molecule has 29 heavy (non-hydrogen) atoms. The van der Waals surface area contributed by atoms with E-state index < -0.39 is 5.91 Å². The van der Waals surface area contributed by atoms with Gasteiger partial charge in [-0.1, -0.05) is 17.4 Å². The minimum absolute atomic E-state index is 0.109. The number of nitrogens with one attached hydrogen (secondary N) is 2. The Balaban J connectivity index is 1.71. The molecule has 3 N–H and O–H groups in total. The molecule has 3 rings (SSSR count). The molecule has 0 unspecified atom stereocenters. The standard InChI is InChI=1S/C20H23N5O3S/c1-11-6-7-14(26)12(2)16(11)22-18(28)15-10-21-19(29-15)23-17(27)13-8-9-25(24-13)20(3,4)5/h6-10,26H,1-5H3,(H,22,28)(H,21,23,27). The first-order valence-electron chi connectivity index (χ1n) is 9.00.